The number of amides is 3. The van der Waals surface area contributed by atoms with E-state index in [1.54, 1.807) is 18.9 Å². The summed E-state index contributed by atoms with van der Waals surface area (Å²) in [6.45, 7) is 6.99. The molecule has 0 aromatic heterocycles. The molecule has 3 amide bonds. The first-order valence-corrected chi connectivity index (χ1v) is 10.0. The van der Waals surface area contributed by atoms with Gasteiger partial charge in [0.15, 0.2) is 11.5 Å². The topological polar surface area (TPSA) is 62.3 Å². The third-order valence-electron chi connectivity index (χ3n) is 5.12. The molecule has 0 unspecified atom stereocenters. The van der Waals surface area contributed by atoms with Crippen molar-refractivity contribution < 1.29 is 19.1 Å². The third-order valence-corrected chi connectivity index (χ3v) is 5.12. The zero-order valence-corrected chi connectivity index (χ0v) is 18.2. The number of methoxy groups -OCH3 is 1. The molecule has 0 radical (unpaired) electrons. The number of carbonyl (C=O) groups is 2. The fourth-order valence-corrected chi connectivity index (χ4v) is 3.58. The first-order chi connectivity index (χ1) is 14.3. The fourth-order valence-electron chi connectivity index (χ4n) is 3.58. The van der Waals surface area contributed by atoms with Crippen LogP contribution in [0.2, 0.25) is 0 Å². The number of imide groups is 1. The summed E-state index contributed by atoms with van der Waals surface area (Å²) in [6, 6.07) is 12.5. The van der Waals surface area contributed by atoms with Crippen LogP contribution in [0.25, 0.3) is 0 Å². The van der Waals surface area contributed by atoms with E-state index in [0.717, 1.165) is 16.8 Å². The van der Waals surface area contributed by atoms with E-state index in [2.05, 4.69) is 0 Å². The second-order valence-electron chi connectivity index (χ2n) is 7.50. The van der Waals surface area contributed by atoms with Gasteiger partial charge in [0.1, 0.15) is 6.04 Å². The summed E-state index contributed by atoms with van der Waals surface area (Å²) in [4.78, 5) is 30.5. The Balaban J connectivity index is 1.70. The van der Waals surface area contributed by atoms with Crippen LogP contribution in [0.5, 0.6) is 11.5 Å². The van der Waals surface area contributed by atoms with Gasteiger partial charge in [0.2, 0.25) is 0 Å². The van der Waals surface area contributed by atoms with Crippen LogP contribution in [-0.4, -0.2) is 55.2 Å². The second-order valence-corrected chi connectivity index (χ2v) is 7.50. The minimum atomic E-state index is -0.529. The quantitative estimate of drug-likeness (QED) is 0.621. The molecule has 30 heavy (non-hydrogen) atoms. The molecular weight excluding hydrogens is 382 g/mol. The molecule has 1 saturated heterocycles. The average Bonchev–Trinajstić information content (AvgIpc) is 2.93. The van der Waals surface area contributed by atoms with E-state index in [-0.39, 0.29) is 18.6 Å². The van der Waals surface area contributed by atoms with Crippen LogP contribution in [0.3, 0.4) is 0 Å². The molecule has 3 rings (SSSR count). The van der Waals surface area contributed by atoms with Crippen LogP contribution in [0.1, 0.15) is 25.0 Å². The van der Waals surface area contributed by atoms with E-state index in [1.807, 2.05) is 68.3 Å². The van der Waals surface area contributed by atoms with Gasteiger partial charge in [-0.25, -0.2) is 9.69 Å². The Labute approximate surface area is 177 Å². The van der Waals surface area contributed by atoms with E-state index in [4.69, 9.17) is 9.47 Å². The first kappa shape index (κ1) is 21.6. The number of carbonyl (C=O) groups excluding carboxylic acids is 2. The smallest absolute Gasteiger partial charge is 0.333 e. The van der Waals surface area contributed by atoms with Gasteiger partial charge in [-0.05, 0) is 57.6 Å². The zero-order chi connectivity index (χ0) is 21.8. The molecule has 7 nitrogen and oxygen atoms in total. The number of benzene rings is 2. The lowest BCUT2D eigenvalue weighted by molar-refractivity contribution is -0.128. The van der Waals surface area contributed by atoms with Gasteiger partial charge >= 0.3 is 6.03 Å². The maximum Gasteiger partial charge on any atom is 0.333 e. The summed E-state index contributed by atoms with van der Waals surface area (Å²) >= 11 is 0. The Bertz CT molecular complexity index is 913. The van der Waals surface area contributed by atoms with Crippen LogP contribution in [-0.2, 0) is 11.3 Å². The van der Waals surface area contributed by atoms with Crippen LogP contribution < -0.4 is 14.4 Å². The Morgan fingerprint density at radius 1 is 1.07 bits per heavy atom. The Hall–Kier alpha value is -3.06. The molecule has 1 fully saturated rings. The summed E-state index contributed by atoms with van der Waals surface area (Å²) in [5.41, 5.74) is 2.83. The van der Waals surface area contributed by atoms with Crippen molar-refractivity contribution in [1.29, 1.82) is 0 Å². The fraction of sp³-hybridized carbons (Fsp3) is 0.391. The molecule has 2 aromatic rings. The normalized spacial score (nSPS) is 16.5. The predicted molar refractivity (Wildman–Crippen MR) is 116 cm³/mol. The summed E-state index contributed by atoms with van der Waals surface area (Å²) in [5, 5.41) is 0. The van der Waals surface area contributed by atoms with Gasteiger partial charge < -0.3 is 9.47 Å². The molecule has 1 heterocycles. The lowest BCUT2D eigenvalue weighted by Gasteiger charge is -2.23. The highest BCUT2D eigenvalue weighted by Gasteiger charge is 2.43. The number of ether oxygens (including phenoxy) is 2. The number of nitrogens with zero attached hydrogens (tertiary/aromatic N) is 3. The number of rotatable bonds is 8. The van der Waals surface area contributed by atoms with Crippen LogP contribution in [0, 0.1) is 6.92 Å². The molecule has 160 valence electrons. The maximum absolute atomic E-state index is 13.0. The highest BCUT2D eigenvalue weighted by Crippen LogP contribution is 2.29. The number of aryl methyl sites for hydroxylation is 1. The maximum atomic E-state index is 13.0. The Morgan fingerprint density at radius 3 is 2.40 bits per heavy atom. The van der Waals surface area contributed by atoms with Crippen molar-refractivity contribution in [3.8, 4) is 11.5 Å². The average molecular weight is 412 g/mol. The van der Waals surface area contributed by atoms with Crippen molar-refractivity contribution in [3.63, 3.8) is 0 Å². The van der Waals surface area contributed by atoms with Gasteiger partial charge in [-0.15, -0.1) is 0 Å². The van der Waals surface area contributed by atoms with E-state index >= 15 is 0 Å². The summed E-state index contributed by atoms with van der Waals surface area (Å²) in [7, 11) is 3.48. The molecule has 0 saturated carbocycles. The molecular formula is C23H29N3O4. The molecule has 1 atom stereocenters. The van der Waals surface area contributed by atoms with Gasteiger partial charge in [-0.1, -0.05) is 23.8 Å². The van der Waals surface area contributed by atoms with Crippen LogP contribution in [0.15, 0.2) is 42.5 Å². The second kappa shape index (κ2) is 9.17. The molecule has 0 N–H and O–H groups in total. The van der Waals surface area contributed by atoms with Crippen LogP contribution in [0.4, 0.5) is 10.5 Å². The van der Waals surface area contributed by atoms with Crippen molar-refractivity contribution in [1.82, 2.24) is 9.80 Å². The van der Waals surface area contributed by atoms with Gasteiger partial charge in [0.25, 0.3) is 5.91 Å². The zero-order valence-electron chi connectivity index (χ0n) is 18.2. The van der Waals surface area contributed by atoms with Gasteiger partial charge in [0, 0.05) is 12.2 Å². The molecule has 0 spiro atoms. The molecule has 0 bridgehead atoms. The largest absolute Gasteiger partial charge is 0.493 e. The third kappa shape index (κ3) is 4.41. The van der Waals surface area contributed by atoms with Crippen LogP contribution >= 0.6 is 0 Å². The van der Waals surface area contributed by atoms with E-state index < -0.39 is 6.04 Å². The summed E-state index contributed by atoms with van der Waals surface area (Å²) in [6.07, 6.45) is 0. The van der Waals surface area contributed by atoms with Crippen molar-refractivity contribution in [2.45, 2.75) is 33.4 Å². The number of anilines is 1. The van der Waals surface area contributed by atoms with Gasteiger partial charge in [0.05, 0.1) is 20.4 Å². The summed E-state index contributed by atoms with van der Waals surface area (Å²) in [5.74, 6) is 1.16. The van der Waals surface area contributed by atoms with Crippen molar-refractivity contribution in [3.05, 3.63) is 53.6 Å². The lowest BCUT2D eigenvalue weighted by atomic mass is 10.2. The number of hydrogen-bond acceptors (Lipinski definition) is 5. The first-order valence-electron chi connectivity index (χ1n) is 10.0. The molecule has 7 heteroatoms. The minimum Gasteiger partial charge on any atom is -0.493 e. The number of hydrogen-bond donors (Lipinski definition) is 0. The highest BCUT2D eigenvalue weighted by atomic mass is 16.5. The lowest BCUT2D eigenvalue weighted by Crippen LogP contribution is -2.40. The van der Waals surface area contributed by atoms with E-state index in [1.165, 1.54) is 4.90 Å². The standard InChI is InChI=1S/C23H29N3O4/c1-6-30-20-12-9-18(13-21(20)29-5)14-24(4)15-25-22(27)17(3)26(23(25)28)19-10-7-16(2)8-11-19/h7-13,17H,6,14-15H2,1-5H3/t17-/m0/s1. The van der Waals surface area contributed by atoms with Crippen molar-refractivity contribution in [2.24, 2.45) is 0 Å². The molecule has 2 aromatic carbocycles. The molecule has 0 aliphatic carbocycles. The monoisotopic (exact) mass is 411 g/mol. The van der Waals surface area contributed by atoms with Crippen molar-refractivity contribution in [2.75, 3.05) is 32.3 Å². The number of urea groups is 1. The highest BCUT2D eigenvalue weighted by molar-refractivity contribution is 6.14. The van der Waals surface area contributed by atoms with Gasteiger partial charge in [-0.3, -0.25) is 14.6 Å². The minimum absolute atomic E-state index is 0.198. The summed E-state index contributed by atoms with van der Waals surface area (Å²) < 4.78 is 11.0. The Kier molecular flexibility index (Phi) is 6.62. The molecule has 1 aliphatic rings. The Morgan fingerprint density at radius 2 is 1.77 bits per heavy atom. The predicted octanol–water partition coefficient (Wildman–Crippen LogP) is 3.65. The SMILES string of the molecule is CCOc1ccc(CN(C)CN2C(=O)[C@H](C)N(c3ccc(C)cc3)C2=O)cc1OC. The molecule has 1 aliphatic heterocycles. The van der Waals surface area contributed by atoms with Crippen molar-refractivity contribution >= 4 is 17.6 Å². The van der Waals surface area contributed by atoms with E-state index in [9.17, 15) is 9.59 Å². The van der Waals surface area contributed by atoms with E-state index in [0.29, 0.717) is 24.7 Å². The van der Waals surface area contributed by atoms with Gasteiger partial charge in [-0.2, -0.15) is 0 Å².